The van der Waals surface area contributed by atoms with Crippen molar-refractivity contribution >= 4 is 21.9 Å². The maximum absolute atomic E-state index is 5.23. The fourth-order valence-corrected chi connectivity index (χ4v) is 2.92. The van der Waals surface area contributed by atoms with Crippen LogP contribution in [0.15, 0.2) is 10.7 Å². The Labute approximate surface area is 117 Å². The Morgan fingerprint density at radius 1 is 1.44 bits per heavy atom. The van der Waals surface area contributed by atoms with Gasteiger partial charge in [0.25, 0.3) is 0 Å². The first-order chi connectivity index (χ1) is 8.64. The van der Waals surface area contributed by atoms with Crippen molar-refractivity contribution < 1.29 is 4.74 Å². The first kappa shape index (κ1) is 13.6. The molecule has 1 aromatic heterocycles. The first-order valence-electron chi connectivity index (χ1n) is 6.45. The molecule has 4 nitrogen and oxygen atoms in total. The van der Waals surface area contributed by atoms with Crippen LogP contribution in [0.4, 0.5) is 5.95 Å². The molecule has 0 bridgehead atoms. The molecule has 1 aliphatic heterocycles. The van der Waals surface area contributed by atoms with Gasteiger partial charge in [0, 0.05) is 13.1 Å². The van der Waals surface area contributed by atoms with E-state index in [4.69, 9.17) is 4.74 Å². The molecule has 100 valence electrons. The minimum atomic E-state index is 0.434. The smallest absolute Gasteiger partial charge is 0.232 e. The molecule has 0 radical (unpaired) electrons. The van der Waals surface area contributed by atoms with Crippen LogP contribution in [0.2, 0.25) is 0 Å². The van der Waals surface area contributed by atoms with Crippen molar-refractivity contribution in [2.75, 3.05) is 25.1 Å². The summed E-state index contributed by atoms with van der Waals surface area (Å²) in [6, 6.07) is 0. The minimum Gasteiger partial charge on any atom is -0.480 e. The number of halogens is 1. The van der Waals surface area contributed by atoms with Gasteiger partial charge in [-0.2, -0.15) is 4.98 Å². The minimum absolute atomic E-state index is 0.434. The molecule has 2 heterocycles. The van der Waals surface area contributed by atoms with E-state index in [-0.39, 0.29) is 0 Å². The Morgan fingerprint density at radius 2 is 2.17 bits per heavy atom. The van der Waals surface area contributed by atoms with E-state index in [0.717, 1.165) is 23.5 Å². The highest BCUT2D eigenvalue weighted by molar-refractivity contribution is 9.10. The highest BCUT2D eigenvalue weighted by atomic mass is 79.9. The van der Waals surface area contributed by atoms with Gasteiger partial charge in [-0.15, -0.1) is 0 Å². The quantitative estimate of drug-likeness (QED) is 0.855. The summed E-state index contributed by atoms with van der Waals surface area (Å²) in [6.07, 6.45) is 5.42. The van der Waals surface area contributed by atoms with E-state index < -0.39 is 0 Å². The monoisotopic (exact) mass is 313 g/mol. The third kappa shape index (κ3) is 2.46. The molecule has 18 heavy (non-hydrogen) atoms. The number of hydrogen-bond acceptors (Lipinski definition) is 4. The third-order valence-corrected chi connectivity index (χ3v) is 4.66. The molecule has 1 aromatic rings. The lowest BCUT2D eigenvalue weighted by Gasteiger charge is -2.26. The van der Waals surface area contributed by atoms with Crippen LogP contribution in [0.5, 0.6) is 5.88 Å². The zero-order valence-electron chi connectivity index (χ0n) is 11.2. The maximum atomic E-state index is 5.23. The predicted molar refractivity (Wildman–Crippen MR) is 76.1 cm³/mol. The molecule has 0 spiro atoms. The summed E-state index contributed by atoms with van der Waals surface area (Å²) in [5.41, 5.74) is 0.434. The van der Waals surface area contributed by atoms with Crippen LogP contribution < -0.4 is 9.64 Å². The Kier molecular flexibility index (Phi) is 4.10. The van der Waals surface area contributed by atoms with Gasteiger partial charge in [-0.1, -0.05) is 13.8 Å². The van der Waals surface area contributed by atoms with Crippen molar-refractivity contribution in [3.63, 3.8) is 0 Å². The van der Waals surface area contributed by atoms with E-state index in [1.54, 1.807) is 13.3 Å². The van der Waals surface area contributed by atoms with E-state index >= 15 is 0 Å². The van der Waals surface area contributed by atoms with Crippen molar-refractivity contribution in [2.45, 2.75) is 33.1 Å². The lowest BCUT2D eigenvalue weighted by atomic mass is 9.82. The molecule has 0 amide bonds. The highest BCUT2D eigenvalue weighted by Gasteiger charge is 2.36. The molecule has 0 aliphatic carbocycles. The Balaban J connectivity index is 2.19. The fourth-order valence-electron chi connectivity index (χ4n) is 2.57. The lowest BCUT2D eigenvalue weighted by Crippen LogP contribution is -2.27. The molecule has 1 aliphatic rings. The molecule has 1 fully saturated rings. The highest BCUT2D eigenvalue weighted by Crippen LogP contribution is 2.38. The predicted octanol–water partition coefficient (Wildman–Crippen LogP) is 3.26. The molecule has 1 saturated heterocycles. The van der Waals surface area contributed by atoms with Gasteiger partial charge >= 0.3 is 0 Å². The third-order valence-electron chi connectivity index (χ3n) is 4.11. The second kappa shape index (κ2) is 5.43. The topological polar surface area (TPSA) is 38.2 Å². The van der Waals surface area contributed by atoms with Crippen molar-refractivity contribution in [2.24, 2.45) is 5.41 Å². The molecule has 0 aromatic carbocycles. The molecular weight excluding hydrogens is 294 g/mol. The molecule has 0 saturated carbocycles. The number of rotatable bonds is 4. The molecule has 0 N–H and O–H groups in total. The average molecular weight is 314 g/mol. The Bertz CT molecular complexity index is 421. The number of methoxy groups -OCH3 is 1. The lowest BCUT2D eigenvalue weighted by molar-refractivity contribution is 0.301. The summed E-state index contributed by atoms with van der Waals surface area (Å²) >= 11 is 3.38. The van der Waals surface area contributed by atoms with Gasteiger partial charge < -0.3 is 9.64 Å². The summed E-state index contributed by atoms with van der Waals surface area (Å²) in [7, 11) is 1.63. The van der Waals surface area contributed by atoms with Crippen molar-refractivity contribution in [3.8, 4) is 5.88 Å². The van der Waals surface area contributed by atoms with Gasteiger partial charge in [0.15, 0.2) is 0 Å². The normalized spacial score (nSPS) is 18.1. The second-order valence-electron chi connectivity index (χ2n) is 4.91. The van der Waals surface area contributed by atoms with Crippen LogP contribution in [0.3, 0.4) is 0 Å². The first-order valence-corrected chi connectivity index (χ1v) is 7.25. The van der Waals surface area contributed by atoms with Crippen LogP contribution in [0.1, 0.15) is 33.1 Å². The largest absolute Gasteiger partial charge is 0.480 e. The number of nitrogens with zero attached hydrogens (tertiary/aromatic N) is 3. The van der Waals surface area contributed by atoms with Crippen LogP contribution in [-0.2, 0) is 0 Å². The standard InChI is InChI=1S/C13H20BrN3O/c1-4-13(5-2)6-7-17(9-13)12-15-8-10(14)11(16-12)18-3/h8H,4-7,9H2,1-3H3. The zero-order valence-corrected chi connectivity index (χ0v) is 12.8. The molecule has 5 heteroatoms. The van der Waals surface area contributed by atoms with Crippen molar-refractivity contribution in [1.29, 1.82) is 0 Å². The van der Waals surface area contributed by atoms with Crippen molar-refractivity contribution in [3.05, 3.63) is 10.7 Å². The molecule has 0 unspecified atom stereocenters. The summed E-state index contributed by atoms with van der Waals surface area (Å²) in [6.45, 7) is 6.63. The summed E-state index contributed by atoms with van der Waals surface area (Å²) in [5, 5.41) is 0. The van der Waals surface area contributed by atoms with E-state index in [9.17, 15) is 0 Å². The van der Waals surface area contributed by atoms with Crippen LogP contribution in [-0.4, -0.2) is 30.2 Å². The summed E-state index contributed by atoms with van der Waals surface area (Å²) < 4.78 is 6.02. The summed E-state index contributed by atoms with van der Waals surface area (Å²) in [5.74, 6) is 1.38. The summed E-state index contributed by atoms with van der Waals surface area (Å²) in [4.78, 5) is 11.1. The Hall–Kier alpha value is -0.840. The molecule has 2 rings (SSSR count). The Morgan fingerprint density at radius 3 is 2.72 bits per heavy atom. The number of aromatic nitrogens is 2. The number of anilines is 1. The van der Waals surface area contributed by atoms with Crippen LogP contribution >= 0.6 is 15.9 Å². The SMILES string of the molecule is CCC1(CC)CCN(c2ncc(Br)c(OC)n2)C1. The average Bonchev–Trinajstić information content (AvgIpc) is 2.84. The van der Waals surface area contributed by atoms with Gasteiger partial charge in [0.1, 0.15) is 0 Å². The van der Waals surface area contributed by atoms with Gasteiger partial charge in [0.05, 0.1) is 17.8 Å². The van der Waals surface area contributed by atoms with Crippen LogP contribution in [0, 0.1) is 5.41 Å². The van der Waals surface area contributed by atoms with E-state index in [2.05, 4.69) is 44.6 Å². The van der Waals surface area contributed by atoms with Gasteiger partial charge in [0.2, 0.25) is 11.8 Å². The molecular formula is C13H20BrN3O. The van der Waals surface area contributed by atoms with Gasteiger partial charge in [-0.05, 0) is 40.6 Å². The van der Waals surface area contributed by atoms with Gasteiger partial charge in [-0.25, -0.2) is 4.98 Å². The zero-order chi connectivity index (χ0) is 13.2. The second-order valence-corrected chi connectivity index (χ2v) is 5.76. The van der Waals surface area contributed by atoms with E-state index in [0.29, 0.717) is 11.3 Å². The van der Waals surface area contributed by atoms with Gasteiger partial charge in [-0.3, -0.25) is 0 Å². The maximum Gasteiger partial charge on any atom is 0.232 e. The number of hydrogen-bond donors (Lipinski definition) is 0. The van der Waals surface area contributed by atoms with E-state index in [1.807, 2.05) is 0 Å². The number of ether oxygens (including phenoxy) is 1. The molecule has 0 atom stereocenters. The van der Waals surface area contributed by atoms with Crippen molar-refractivity contribution in [1.82, 2.24) is 9.97 Å². The van der Waals surface area contributed by atoms with Crippen LogP contribution in [0.25, 0.3) is 0 Å². The fraction of sp³-hybridized carbons (Fsp3) is 0.692. The van der Waals surface area contributed by atoms with E-state index in [1.165, 1.54) is 19.3 Å².